The van der Waals surface area contributed by atoms with E-state index in [9.17, 15) is 14.4 Å². The maximum absolute atomic E-state index is 13.0. The molecule has 1 heterocycles. The highest BCUT2D eigenvalue weighted by molar-refractivity contribution is 9.10. The van der Waals surface area contributed by atoms with E-state index in [-0.39, 0.29) is 36.0 Å². The molecule has 0 radical (unpaired) electrons. The third-order valence-corrected chi connectivity index (χ3v) is 7.09. The Balaban J connectivity index is 0.000000405. The molecule has 6 heteroatoms. The quantitative estimate of drug-likeness (QED) is 0.381. The summed E-state index contributed by atoms with van der Waals surface area (Å²) in [6.07, 6.45) is 2.82. The van der Waals surface area contributed by atoms with Gasteiger partial charge in [0.2, 0.25) is 17.7 Å². The van der Waals surface area contributed by atoms with Gasteiger partial charge in [-0.15, -0.1) is 6.58 Å². The van der Waals surface area contributed by atoms with Gasteiger partial charge >= 0.3 is 0 Å². The Morgan fingerprint density at radius 1 is 1.21 bits per heavy atom. The van der Waals surface area contributed by atoms with Gasteiger partial charge in [0.25, 0.3) is 0 Å². The molecule has 1 saturated heterocycles. The molecule has 1 N–H and O–H groups in total. The van der Waals surface area contributed by atoms with Gasteiger partial charge in [-0.3, -0.25) is 19.3 Å². The third kappa shape index (κ3) is 6.41. The molecule has 3 amide bonds. The number of para-hydroxylation sites is 1. The van der Waals surface area contributed by atoms with Gasteiger partial charge in [0.05, 0.1) is 5.41 Å². The molecule has 33 heavy (non-hydrogen) atoms. The highest BCUT2D eigenvalue weighted by atomic mass is 79.9. The third-order valence-electron chi connectivity index (χ3n) is 6.20. The van der Waals surface area contributed by atoms with Gasteiger partial charge in [0.1, 0.15) is 0 Å². The van der Waals surface area contributed by atoms with Gasteiger partial charge in [-0.2, -0.15) is 0 Å². The van der Waals surface area contributed by atoms with Crippen LogP contribution in [0.15, 0.2) is 71.7 Å². The maximum Gasteiger partial charge on any atom is 0.236 e. The van der Waals surface area contributed by atoms with Crippen molar-refractivity contribution in [3.05, 3.63) is 77.3 Å². The summed E-state index contributed by atoms with van der Waals surface area (Å²) in [6.45, 7) is 9.71. The number of hydrogen-bond acceptors (Lipinski definition) is 3. The highest BCUT2D eigenvalue weighted by Gasteiger charge is 2.53. The Kier molecular flexibility index (Phi) is 9.59. The van der Waals surface area contributed by atoms with Crippen molar-refractivity contribution in [1.82, 2.24) is 4.90 Å². The Hall–Kier alpha value is -2.73. The second-order valence-electron chi connectivity index (χ2n) is 8.55. The number of nitrogens with one attached hydrogen (secondary N) is 1. The van der Waals surface area contributed by atoms with Crippen LogP contribution in [0, 0.1) is 24.2 Å². The number of imide groups is 1. The summed E-state index contributed by atoms with van der Waals surface area (Å²) in [5.41, 5.74) is 1.04. The number of nitrogens with zero attached hydrogens (tertiary/aromatic N) is 1. The molecule has 2 aromatic carbocycles. The van der Waals surface area contributed by atoms with Crippen LogP contribution in [0.3, 0.4) is 0 Å². The van der Waals surface area contributed by atoms with E-state index in [1.165, 1.54) is 22.0 Å². The number of aryl methyl sites for hydroxylation is 1. The van der Waals surface area contributed by atoms with Crippen molar-refractivity contribution in [3.8, 4) is 0 Å². The largest absolute Gasteiger partial charge is 0.326 e. The van der Waals surface area contributed by atoms with E-state index < -0.39 is 5.41 Å². The normalized spacial score (nSPS) is 21.0. The van der Waals surface area contributed by atoms with E-state index in [4.69, 9.17) is 0 Å². The Bertz CT molecular complexity index is 971. The Morgan fingerprint density at radius 3 is 2.33 bits per heavy atom. The second-order valence-corrected chi connectivity index (χ2v) is 9.41. The van der Waals surface area contributed by atoms with Crippen molar-refractivity contribution in [1.29, 1.82) is 0 Å². The highest BCUT2D eigenvalue weighted by Crippen LogP contribution is 2.45. The molecule has 3 unspecified atom stereocenters. The first kappa shape index (κ1) is 26.5. The number of anilines is 1. The fourth-order valence-electron chi connectivity index (χ4n) is 4.42. The van der Waals surface area contributed by atoms with Crippen molar-refractivity contribution in [2.45, 2.75) is 40.0 Å². The predicted molar refractivity (Wildman–Crippen MR) is 137 cm³/mol. The first-order valence-electron chi connectivity index (χ1n) is 11.2. The van der Waals surface area contributed by atoms with Crippen LogP contribution in [0.25, 0.3) is 0 Å². The molecule has 1 fully saturated rings. The topological polar surface area (TPSA) is 66.5 Å². The lowest BCUT2D eigenvalue weighted by molar-refractivity contribution is -0.164. The van der Waals surface area contributed by atoms with Crippen LogP contribution in [0.5, 0.6) is 0 Å². The van der Waals surface area contributed by atoms with Crippen molar-refractivity contribution in [2.24, 2.45) is 17.3 Å². The molecule has 1 aliphatic rings. The van der Waals surface area contributed by atoms with E-state index >= 15 is 0 Å². The molecule has 176 valence electrons. The van der Waals surface area contributed by atoms with Gasteiger partial charge in [0, 0.05) is 29.5 Å². The van der Waals surface area contributed by atoms with Gasteiger partial charge in [-0.25, -0.2) is 0 Å². The second kappa shape index (κ2) is 11.9. The lowest BCUT2D eigenvalue weighted by Crippen LogP contribution is -2.56. The Labute approximate surface area is 205 Å². The summed E-state index contributed by atoms with van der Waals surface area (Å²) < 4.78 is 1.18. The maximum atomic E-state index is 13.0. The van der Waals surface area contributed by atoms with Crippen LogP contribution in [0.4, 0.5) is 5.69 Å². The first-order valence-corrected chi connectivity index (χ1v) is 12.0. The minimum atomic E-state index is -0.933. The van der Waals surface area contributed by atoms with E-state index in [1.807, 2.05) is 50.2 Å². The standard InChI is InChI=1S/C20H26N2O3.C7H7Br/c1-5-15(6-2)20(12-14(3)18(24)22(4)19(20)25)13-17(23)21-16-10-8-7-9-11-16;1-6-4-2-3-5-7(6)8/h5,7-11,14-15H,1,6,12-13H2,2-4H3,(H,21,23);2-5H,1H3. The van der Waals surface area contributed by atoms with Crippen LogP contribution in [-0.2, 0) is 14.4 Å². The summed E-state index contributed by atoms with van der Waals surface area (Å²) in [4.78, 5) is 39.0. The number of rotatable bonds is 6. The van der Waals surface area contributed by atoms with Crippen LogP contribution >= 0.6 is 15.9 Å². The minimum Gasteiger partial charge on any atom is -0.326 e. The van der Waals surface area contributed by atoms with Gasteiger partial charge in [0.15, 0.2) is 0 Å². The summed E-state index contributed by atoms with van der Waals surface area (Å²) >= 11 is 3.40. The molecule has 0 saturated carbocycles. The van der Waals surface area contributed by atoms with Crippen LogP contribution < -0.4 is 5.32 Å². The molecule has 0 spiro atoms. The van der Waals surface area contributed by atoms with Crippen LogP contribution in [0.1, 0.15) is 38.7 Å². The first-order chi connectivity index (χ1) is 15.7. The zero-order chi connectivity index (χ0) is 24.6. The minimum absolute atomic E-state index is 0.0349. The lowest BCUT2D eigenvalue weighted by Gasteiger charge is -2.45. The smallest absolute Gasteiger partial charge is 0.236 e. The van der Waals surface area contributed by atoms with Crippen LogP contribution in [0.2, 0.25) is 0 Å². The fourth-order valence-corrected chi connectivity index (χ4v) is 4.71. The zero-order valence-electron chi connectivity index (χ0n) is 19.8. The SMILES string of the molecule is C=CC(CC)C1(CC(=O)Nc2ccccc2)CC(C)C(=O)N(C)C1=O.Cc1ccccc1Br. The number of amides is 3. The number of likely N-dealkylation sites (tertiary alicyclic amines) is 1. The lowest BCUT2D eigenvalue weighted by atomic mass is 9.63. The number of benzene rings is 2. The predicted octanol–water partition coefficient (Wildman–Crippen LogP) is 6.00. The molecule has 3 atom stereocenters. The molecule has 1 aliphatic heterocycles. The van der Waals surface area contributed by atoms with Crippen molar-refractivity contribution in [2.75, 3.05) is 12.4 Å². The van der Waals surface area contributed by atoms with Crippen LogP contribution in [-0.4, -0.2) is 29.7 Å². The molecular formula is C27H33BrN2O3. The number of carbonyl (C=O) groups is 3. The average Bonchev–Trinajstić information content (AvgIpc) is 2.80. The number of carbonyl (C=O) groups excluding carboxylic acids is 3. The molecule has 2 aromatic rings. The zero-order valence-corrected chi connectivity index (χ0v) is 21.4. The Morgan fingerprint density at radius 2 is 1.82 bits per heavy atom. The van der Waals surface area contributed by atoms with E-state index in [0.717, 1.165) is 0 Å². The monoisotopic (exact) mass is 512 g/mol. The molecule has 0 aromatic heterocycles. The van der Waals surface area contributed by atoms with Gasteiger partial charge < -0.3 is 5.32 Å². The van der Waals surface area contributed by atoms with Gasteiger partial charge in [-0.05, 0) is 49.4 Å². The fraction of sp³-hybridized carbons (Fsp3) is 0.370. The molecule has 5 nitrogen and oxygen atoms in total. The summed E-state index contributed by atoms with van der Waals surface area (Å²) in [5, 5.41) is 2.85. The van der Waals surface area contributed by atoms with E-state index in [1.54, 1.807) is 18.2 Å². The number of allylic oxidation sites excluding steroid dienone is 1. The van der Waals surface area contributed by atoms with Crippen molar-refractivity contribution < 1.29 is 14.4 Å². The van der Waals surface area contributed by atoms with Crippen molar-refractivity contribution in [3.63, 3.8) is 0 Å². The number of halogens is 1. The number of piperidine rings is 1. The van der Waals surface area contributed by atoms with Crippen molar-refractivity contribution >= 4 is 39.3 Å². The average molecular weight is 513 g/mol. The summed E-state index contributed by atoms with van der Waals surface area (Å²) in [6, 6.07) is 17.3. The summed E-state index contributed by atoms with van der Waals surface area (Å²) in [7, 11) is 1.50. The molecule has 0 aliphatic carbocycles. The van der Waals surface area contributed by atoms with E-state index in [2.05, 4.69) is 40.8 Å². The number of hydrogen-bond donors (Lipinski definition) is 1. The molecule has 3 rings (SSSR count). The van der Waals surface area contributed by atoms with Gasteiger partial charge in [-0.1, -0.05) is 72.3 Å². The summed E-state index contributed by atoms with van der Waals surface area (Å²) in [5.74, 6) is -1.18. The molecular weight excluding hydrogens is 480 g/mol. The molecule has 0 bridgehead atoms. The van der Waals surface area contributed by atoms with E-state index in [0.29, 0.717) is 18.5 Å².